The van der Waals surface area contributed by atoms with E-state index in [4.69, 9.17) is 14.3 Å². The number of hydrazone groups is 1. The maximum atomic E-state index is 11.9. The number of carbonyl (C=O) groups excluding carboxylic acids is 1. The van der Waals surface area contributed by atoms with E-state index in [1.54, 1.807) is 24.3 Å². The molecule has 0 fully saturated rings. The van der Waals surface area contributed by atoms with Gasteiger partial charge in [0.15, 0.2) is 6.61 Å². The van der Waals surface area contributed by atoms with Crippen LogP contribution in [0.2, 0.25) is 0 Å². The van der Waals surface area contributed by atoms with Crippen LogP contribution in [0.5, 0.6) is 5.75 Å². The first-order valence-corrected chi connectivity index (χ1v) is 8.88. The topological polar surface area (TPSA) is 101 Å². The zero-order chi connectivity index (χ0) is 20.8. The fourth-order valence-corrected chi connectivity index (χ4v) is 2.69. The van der Waals surface area contributed by atoms with Crippen molar-refractivity contribution in [2.75, 3.05) is 6.61 Å². The summed E-state index contributed by atoms with van der Waals surface area (Å²) >= 11 is 0. The Morgan fingerprint density at radius 2 is 1.97 bits per heavy atom. The Bertz CT molecular complexity index is 1070. The Morgan fingerprint density at radius 1 is 1.14 bits per heavy atom. The van der Waals surface area contributed by atoms with E-state index >= 15 is 0 Å². The highest BCUT2D eigenvalue weighted by molar-refractivity contribution is 5.89. The second-order valence-corrected chi connectivity index (χ2v) is 6.44. The second-order valence-electron chi connectivity index (χ2n) is 6.44. The fourth-order valence-electron chi connectivity index (χ4n) is 2.69. The Labute approximate surface area is 167 Å². The van der Waals surface area contributed by atoms with E-state index < -0.39 is 11.9 Å². The van der Waals surface area contributed by atoms with Gasteiger partial charge >= 0.3 is 5.97 Å². The van der Waals surface area contributed by atoms with Gasteiger partial charge in [-0.05, 0) is 49.7 Å². The average molecular weight is 392 g/mol. The lowest BCUT2D eigenvalue weighted by molar-refractivity contribution is -0.123. The summed E-state index contributed by atoms with van der Waals surface area (Å²) in [5, 5.41) is 12.9. The molecule has 3 rings (SSSR count). The summed E-state index contributed by atoms with van der Waals surface area (Å²) in [6.45, 7) is 3.74. The highest BCUT2D eigenvalue weighted by Crippen LogP contribution is 2.22. The van der Waals surface area contributed by atoms with Crippen LogP contribution >= 0.6 is 0 Å². The quantitative estimate of drug-likeness (QED) is 0.471. The Kier molecular flexibility index (Phi) is 6.09. The van der Waals surface area contributed by atoms with E-state index in [1.165, 1.54) is 18.3 Å². The Hall–Kier alpha value is -3.87. The van der Waals surface area contributed by atoms with Crippen LogP contribution in [-0.4, -0.2) is 29.8 Å². The van der Waals surface area contributed by atoms with Gasteiger partial charge in [0.1, 0.15) is 17.3 Å². The first kappa shape index (κ1) is 19.9. The minimum absolute atomic E-state index is 0.160. The number of hydrogen-bond donors (Lipinski definition) is 2. The SMILES string of the molecule is Cc1ccc(OCC(=O)N/N=C/c2ccc(-c3cccc(C(=O)O)c3)o2)c(C)c1. The third kappa shape index (κ3) is 5.32. The molecule has 0 unspecified atom stereocenters. The van der Waals surface area contributed by atoms with Crippen LogP contribution in [0.4, 0.5) is 0 Å². The molecule has 2 N–H and O–H groups in total. The number of nitrogens with zero attached hydrogens (tertiary/aromatic N) is 1. The number of hydrogen-bond acceptors (Lipinski definition) is 5. The maximum Gasteiger partial charge on any atom is 0.335 e. The van der Waals surface area contributed by atoms with Gasteiger partial charge in [-0.3, -0.25) is 4.79 Å². The highest BCUT2D eigenvalue weighted by Gasteiger charge is 2.08. The number of furan rings is 1. The van der Waals surface area contributed by atoms with Gasteiger partial charge in [-0.2, -0.15) is 5.10 Å². The lowest BCUT2D eigenvalue weighted by atomic mass is 10.1. The predicted molar refractivity (Wildman–Crippen MR) is 108 cm³/mol. The molecule has 7 heteroatoms. The van der Waals surface area contributed by atoms with Crippen molar-refractivity contribution in [3.63, 3.8) is 0 Å². The Morgan fingerprint density at radius 3 is 2.72 bits per heavy atom. The molecular formula is C22H20N2O5. The van der Waals surface area contributed by atoms with Gasteiger partial charge in [0.2, 0.25) is 0 Å². The summed E-state index contributed by atoms with van der Waals surface area (Å²) in [5.74, 6) is 0.150. The van der Waals surface area contributed by atoms with Gasteiger partial charge in [-0.15, -0.1) is 0 Å². The summed E-state index contributed by atoms with van der Waals surface area (Å²) in [6, 6.07) is 15.5. The number of carbonyl (C=O) groups is 2. The van der Waals surface area contributed by atoms with Crippen LogP contribution in [0, 0.1) is 13.8 Å². The molecule has 0 saturated heterocycles. The first-order chi connectivity index (χ1) is 13.9. The molecule has 0 atom stereocenters. The molecule has 7 nitrogen and oxygen atoms in total. The van der Waals surface area contributed by atoms with Crippen LogP contribution in [0.15, 0.2) is 64.1 Å². The zero-order valence-corrected chi connectivity index (χ0v) is 16.0. The van der Waals surface area contributed by atoms with Crippen molar-refractivity contribution < 1.29 is 23.8 Å². The molecule has 1 aromatic heterocycles. The van der Waals surface area contributed by atoms with E-state index in [1.807, 2.05) is 32.0 Å². The van der Waals surface area contributed by atoms with Gasteiger partial charge in [0.05, 0.1) is 11.8 Å². The summed E-state index contributed by atoms with van der Waals surface area (Å²) in [4.78, 5) is 22.9. The molecule has 0 bridgehead atoms. The normalized spacial score (nSPS) is 10.8. The molecular weight excluding hydrogens is 372 g/mol. The molecule has 29 heavy (non-hydrogen) atoms. The smallest absolute Gasteiger partial charge is 0.335 e. The van der Waals surface area contributed by atoms with Crippen LogP contribution in [0.3, 0.4) is 0 Å². The number of benzene rings is 2. The second kappa shape index (κ2) is 8.88. The summed E-state index contributed by atoms with van der Waals surface area (Å²) < 4.78 is 11.1. The van der Waals surface area contributed by atoms with Crippen molar-refractivity contribution in [2.24, 2.45) is 5.10 Å². The first-order valence-electron chi connectivity index (χ1n) is 8.88. The lowest BCUT2D eigenvalue weighted by Gasteiger charge is -2.08. The summed E-state index contributed by atoms with van der Waals surface area (Å²) in [5.41, 5.74) is 5.26. The monoisotopic (exact) mass is 392 g/mol. The van der Waals surface area contributed by atoms with Gasteiger partial charge < -0.3 is 14.3 Å². The predicted octanol–water partition coefficient (Wildman–Crippen LogP) is 3.79. The number of rotatable bonds is 7. The summed E-state index contributed by atoms with van der Waals surface area (Å²) in [7, 11) is 0. The molecule has 0 aliphatic rings. The zero-order valence-electron chi connectivity index (χ0n) is 16.0. The minimum Gasteiger partial charge on any atom is -0.483 e. The Balaban J connectivity index is 1.55. The van der Waals surface area contributed by atoms with Crippen molar-refractivity contribution in [1.82, 2.24) is 5.43 Å². The molecule has 148 valence electrons. The molecule has 0 aliphatic carbocycles. The molecule has 0 spiro atoms. The average Bonchev–Trinajstić information content (AvgIpc) is 3.16. The van der Waals surface area contributed by atoms with E-state index in [2.05, 4.69) is 10.5 Å². The van der Waals surface area contributed by atoms with Crippen LogP contribution in [0.25, 0.3) is 11.3 Å². The number of amides is 1. The van der Waals surface area contributed by atoms with E-state index in [-0.39, 0.29) is 12.2 Å². The van der Waals surface area contributed by atoms with Crippen LogP contribution in [-0.2, 0) is 4.79 Å². The van der Waals surface area contributed by atoms with Crippen molar-refractivity contribution >= 4 is 18.1 Å². The molecule has 1 heterocycles. The number of carboxylic acids is 1. The van der Waals surface area contributed by atoms with Crippen molar-refractivity contribution in [1.29, 1.82) is 0 Å². The van der Waals surface area contributed by atoms with Crippen molar-refractivity contribution in [3.05, 3.63) is 77.0 Å². The molecule has 0 saturated carbocycles. The van der Waals surface area contributed by atoms with Crippen molar-refractivity contribution in [3.8, 4) is 17.1 Å². The van der Waals surface area contributed by atoms with Crippen LogP contribution < -0.4 is 10.2 Å². The number of aryl methyl sites for hydroxylation is 2. The number of nitrogens with one attached hydrogen (secondary N) is 1. The molecule has 1 amide bonds. The molecule has 0 radical (unpaired) electrons. The van der Waals surface area contributed by atoms with Gasteiger partial charge in [-0.25, -0.2) is 10.2 Å². The number of carboxylic acid groups (broad SMARTS) is 1. The van der Waals surface area contributed by atoms with Gasteiger partial charge in [-0.1, -0.05) is 29.8 Å². The highest BCUT2D eigenvalue weighted by atomic mass is 16.5. The van der Waals surface area contributed by atoms with E-state index in [9.17, 15) is 9.59 Å². The number of ether oxygens (including phenoxy) is 1. The third-order valence-corrected chi connectivity index (χ3v) is 4.09. The van der Waals surface area contributed by atoms with E-state index in [0.29, 0.717) is 22.8 Å². The minimum atomic E-state index is -1.01. The van der Waals surface area contributed by atoms with E-state index in [0.717, 1.165) is 11.1 Å². The molecule has 3 aromatic rings. The molecule has 0 aliphatic heterocycles. The van der Waals surface area contributed by atoms with Crippen LogP contribution in [0.1, 0.15) is 27.2 Å². The third-order valence-electron chi connectivity index (χ3n) is 4.09. The lowest BCUT2D eigenvalue weighted by Crippen LogP contribution is -2.24. The van der Waals surface area contributed by atoms with Crippen molar-refractivity contribution in [2.45, 2.75) is 13.8 Å². The largest absolute Gasteiger partial charge is 0.483 e. The summed E-state index contributed by atoms with van der Waals surface area (Å²) in [6.07, 6.45) is 1.36. The molecule has 2 aromatic carbocycles. The standard InChI is InChI=1S/C22H20N2O5/c1-14-6-8-19(15(2)10-14)28-13-21(25)24-23-12-18-7-9-20(29-18)16-4-3-5-17(11-16)22(26)27/h3-12H,13H2,1-2H3,(H,24,25)(H,26,27)/b23-12+. The van der Waals surface area contributed by atoms with Gasteiger partial charge in [0.25, 0.3) is 5.91 Å². The number of aromatic carboxylic acids is 1. The van der Waals surface area contributed by atoms with Gasteiger partial charge in [0, 0.05) is 5.56 Å². The maximum absolute atomic E-state index is 11.9. The fraction of sp³-hybridized carbons (Fsp3) is 0.136.